The summed E-state index contributed by atoms with van der Waals surface area (Å²) in [5.74, 6) is 1.01. The first-order valence-corrected chi connectivity index (χ1v) is 8.55. The van der Waals surface area contributed by atoms with Gasteiger partial charge >= 0.3 is 6.03 Å². The van der Waals surface area contributed by atoms with Crippen LogP contribution in [0.2, 0.25) is 0 Å². The molecule has 1 saturated carbocycles. The van der Waals surface area contributed by atoms with Crippen LogP contribution >= 0.6 is 0 Å². The predicted octanol–water partition coefficient (Wildman–Crippen LogP) is 2.39. The van der Waals surface area contributed by atoms with Crippen molar-refractivity contribution in [2.24, 2.45) is 0 Å². The molecule has 0 radical (unpaired) electrons. The first-order valence-electron chi connectivity index (χ1n) is 8.55. The van der Waals surface area contributed by atoms with Crippen molar-refractivity contribution in [2.45, 2.75) is 50.6 Å². The number of urea groups is 1. The minimum Gasteiger partial charge on any atom is -0.423 e. The first kappa shape index (κ1) is 15.8. The Balaban J connectivity index is 1.43. The second kappa shape index (κ2) is 5.98. The zero-order chi connectivity index (χ0) is 17.4. The molecule has 25 heavy (non-hydrogen) atoms. The Hall–Kier alpha value is -2.70. The van der Waals surface area contributed by atoms with E-state index >= 15 is 0 Å². The zero-order valence-electron chi connectivity index (χ0n) is 14.1. The molecule has 1 aromatic heterocycles. The molecule has 2 aliphatic rings. The van der Waals surface area contributed by atoms with Gasteiger partial charge in [-0.1, -0.05) is 30.3 Å². The van der Waals surface area contributed by atoms with Gasteiger partial charge in [0.1, 0.15) is 12.1 Å². The maximum Gasteiger partial charge on any atom is 0.325 e. The quantitative estimate of drug-likeness (QED) is 0.816. The van der Waals surface area contributed by atoms with E-state index in [1.54, 1.807) is 6.92 Å². The van der Waals surface area contributed by atoms with Crippen LogP contribution in [-0.2, 0) is 17.8 Å². The SMILES string of the molecule is C[C@]1(CCc2ccccc2)NC(=O)N(Cc2nnc(C3CC3)o2)C1=O. The molecule has 3 amide bonds. The number of hydrogen-bond donors (Lipinski definition) is 1. The van der Waals surface area contributed by atoms with Crippen molar-refractivity contribution in [3.05, 3.63) is 47.7 Å². The molecule has 7 heteroatoms. The van der Waals surface area contributed by atoms with Crippen LogP contribution in [0, 0.1) is 0 Å². The predicted molar refractivity (Wildman–Crippen MR) is 88.5 cm³/mol. The lowest BCUT2D eigenvalue weighted by molar-refractivity contribution is -0.131. The average Bonchev–Trinajstić information content (AvgIpc) is 3.32. The second-order valence-electron chi connectivity index (χ2n) is 6.95. The number of aromatic nitrogens is 2. The van der Waals surface area contributed by atoms with Gasteiger partial charge in [0.25, 0.3) is 5.91 Å². The summed E-state index contributed by atoms with van der Waals surface area (Å²) >= 11 is 0. The van der Waals surface area contributed by atoms with Crippen LogP contribution in [0.3, 0.4) is 0 Å². The van der Waals surface area contributed by atoms with Crippen LogP contribution in [0.1, 0.15) is 49.4 Å². The van der Waals surface area contributed by atoms with E-state index in [1.165, 1.54) is 0 Å². The number of carbonyl (C=O) groups excluding carboxylic acids is 2. The fraction of sp³-hybridized carbons (Fsp3) is 0.444. The van der Waals surface area contributed by atoms with Gasteiger partial charge in [0.15, 0.2) is 0 Å². The maximum absolute atomic E-state index is 12.8. The van der Waals surface area contributed by atoms with Crippen LogP contribution in [0.5, 0.6) is 0 Å². The smallest absolute Gasteiger partial charge is 0.325 e. The molecule has 2 heterocycles. The molecule has 1 atom stereocenters. The zero-order valence-corrected chi connectivity index (χ0v) is 14.1. The van der Waals surface area contributed by atoms with Gasteiger partial charge in [-0.3, -0.25) is 9.69 Å². The average molecular weight is 340 g/mol. The molecule has 2 fully saturated rings. The van der Waals surface area contributed by atoms with Crippen LogP contribution < -0.4 is 5.32 Å². The molecule has 1 saturated heterocycles. The topological polar surface area (TPSA) is 88.3 Å². The van der Waals surface area contributed by atoms with E-state index in [2.05, 4.69) is 15.5 Å². The van der Waals surface area contributed by atoms with E-state index in [4.69, 9.17) is 4.42 Å². The lowest BCUT2D eigenvalue weighted by Gasteiger charge is -2.21. The molecule has 1 aliphatic carbocycles. The van der Waals surface area contributed by atoms with E-state index in [-0.39, 0.29) is 12.5 Å². The van der Waals surface area contributed by atoms with Crippen molar-refractivity contribution in [2.75, 3.05) is 0 Å². The van der Waals surface area contributed by atoms with Gasteiger partial charge in [-0.2, -0.15) is 0 Å². The van der Waals surface area contributed by atoms with E-state index < -0.39 is 11.6 Å². The number of rotatable bonds is 6. The van der Waals surface area contributed by atoms with Crippen molar-refractivity contribution >= 4 is 11.9 Å². The van der Waals surface area contributed by atoms with Gasteiger partial charge in [-0.05, 0) is 38.2 Å². The summed E-state index contributed by atoms with van der Waals surface area (Å²) in [4.78, 5) is 26.2. The van der Waals surface area contributed by atoms with Gasteiger partial charge in [0.05, 0.1) is 0 Å². The molecule has 1 aliphatic heterocycles. The number of aryl methyl sites for hydroxylation is 1. The Morgan fingerprint density at radius 2 is 2.00 bits per heavy atom. The molecule has 2 aromatic rings. The summed E-state index contributed by atoms with van der Waals surface area (Å²) in [5, 5.41) is 10.8. The maximum atomic E-state index is 12.8. The standard InChI is InChI=1S/C18H20N4O3/c1-18(10-9-12-5-3-2-4-6-12)16(23)22(17(24)19-18)11-14-20-21-15(25-14)13-7-8-13/h2-6,13H,7-11H2,1H3,(H,19,24)/t18-/m1/s1. The Labute approximate surface area is 145 Å². The number of imide groups is 1. The van der Waals surface area contributed by atoms with Crippen LogP contribution in [0.25, 0.3) is 0 Å². The highest BCUT2D eigenvalue weighted by atomic mass is 16.4. The molecule has 1 aromatic carbocycles. The van der Waals surface area contributed by atoms with Crippen molar-refractivity contribution in [3.63, 3.8) is 0 Å². The largest absolute Gasteiger partial charge is 0.423 e. The van der Waals surface area contributed by atoms with E-state index in [1.807, 2.05) is 30.3 Å². The third kappa shape index (κ3) is 3.14. The highest BCUT2D eigenvalue weighted by molar-refractivity contribution is 6.06. The van der Waals surface area contributed by atoms with E-state index in [0.29, 0.717) is 30.5 Å². The normalized spacial score (nSPS) is 23.2. The third-order valence-corrected chi connectivity index (χ3v) is 4.80. The van der Waals surface area contributed by atoms with Gasteiger partial charge in [0, 0.05) is 5.92 Å². The van der Waals surface area contributed by atoms with E-state index in [0.717, 1.165) is 23.3 Å². The number of nitrogens with one attached hydrogen (secondary N) is 1. The number of carbonyl (C=O) groups is 2. The minimum atomic E-state index is -0.910. The van der Waals surface area contributed by atoms with Gasteiger partial charge < -0.3 is 9.73 Å². The van der Waals surface area contributed by atoms with Gasteiger partial charge in [-0.25, -0.2) is 4.79 Å². The number of benzene rings is 1. The van der Waals surface area contributed by atoms with Crippen LogP contribution in [0.4, 0.5) is 4.79 Å². The summed E-state index contributed by atoms with van der Waals surface area (Å²) < 4.78 is 5.57. The summed E-state index contributed by atoms with van der Waals surface area (Å²) in [6.45, 7) is 1.78. The Morgan fingerprint density at radius 3 is 2.72 bits per heavy atom. The first-order chi connectivity index (χ1) is 12.0. The van der Waals surface area contributed by atoms with Gasteiger partial charge in [0.2, 0.25) is 11.8 Å². The fourth-order valence-electron chi connectivity index (χ4n) is 3.06. The second-order valence-corrected chi connectivity index (χ2v) is 6.95. The Morgan fingerprint density at radius 1 is 1.24 bits per heavy atom. The Kier molecular flexibility index (Phi) is 3.78. The summed E-state index contributed by atoms with van der Waals surface area (Å²) in [7, 11) is 0. The summed E-state index contributed by atoms with van der Waals surface area (Å²) in [5.41, 5.74) is 0.224. The molecule has 0 unspecified atom stereocenters. The van der Waals surface area contributed by atoms with Crippen LogP contribution in [-0.4, -0.2) is 32.6 Å². The molecule has 7 nitrogen and oxygen atoms in total. The molecule has 130 valence electrons. The van der Waals surface area contributed by atoms with Gasteiger partial charge in [-0.15, -0.1) is 10.2 Å². The number of hydrogen-bond acceptors (Lipinski definition) is 5. The highest BCUT2D eigenvalue weighted by Crippen LogP contribution is 2.39. The molecule has 1 N–H and O–H groups in total. The van der Waals surface area contributed by atoms with E-state index in [9.17, 15) is 9.59 Å². The molecule has 0 spiro atoms. The summed E-state index contributed by atoms with van der Waals surface area (Å²) in [6.07, 6.45) is 3.36. The highest BCUT2D eigenvalue weighted by Gasteiger charge is 2.47. The lowest BCUT2D eigenvalue weighted by Crippen LogP contribution is -2.44. The summed E-state index contributed by atoms with van der Waals surface area (Å²) in [6, 6.07) is 9.50. The van der Waals surface area contributed by atoms with Crippen molar-refractivity contribution in [1.82, 2.24) is 20.4 Å². The van der Waals surface area contributed by atoms with Crippen LogP contribution in [0.15, 0.2) is 34.7 Å². The molecule has 0 bridgehead atoms. The number of nitrogens with zero attached hydrogens (tertiary/aromatic N) is 3. The number of amides is 3. The minimum absolute atomic E-state index is 0.0192. The van der Waals surface area contributed by atoms with Crippen molar-refractivity contribution in [1.29, 1.82) is 0 Å². The molecular formula is C18H20N4O3. The van der Waals surface area contributed by atoms with Crippen molar-refractivity contribution < 1.29 is 14.0 Å². The Bertz CT molecular complexity index is 800. The lowest BCUT2D eigenvalue weighted by atomic mass is 9.93. The third-order valence-electron chi connectivity index (χ3n) is 4.80. The molecular weight excluding hydrogens is 320 g/mol. The monoisotopic (exact) mass is 340 g/mol. The molecule has 4 rings (SSSR count). The van der Waals surface area contributed by atoms with Crippen molar-refractivity contribution in [3.8, 4) is 0 Å². The fourth-order valence-corrected chi connectivity index (χ4v) is 3.06.